The van der Waals surface area contributed by atoms with Gasteiger partial charge in [-0.1, -0.05) is 13.5 Å². The van der Waals surface area contributed by atoms with E-state index in [1.807, 2.05) is 6.08 Å². The highest BCUT2D eigenvalue weighted by Gasteiger charge is 2.22. The smallest absolute Gasteiger partial charge is 0.125 e. The molecule has 1 saturated carbocycles. The number of rotatable bonds is 4. The fourth-order valence-corrected chi connectivity index (χ4v) is 3.54. The highest BCUT2D eigenvalue weighted by molar-refractivity contribution is 7.77. The van der Waals surface area contributed by atoms with Crippen LogP contribution in [0.4, 0.5) is 4.39 Å². The normalized spacial score (nSPS) is 16.9. The van der Waals surface area contributed by atoms with Crippen LogP contribution in [-0.4, -0.2) is 18.8 Å². The topological polar surface area (TPSA) is 116 Å². The number of halogens is 1. The van der Waals surface area contributed by atoms with Gasteiger partial charge in [-0.15, -0.1) is 26.0 Å². The van der Waals surface area contributed by atoms with Crippen molar-refractivity contribution in [1.29, 1.82) is 0 Å². The van der Waals surface area contributed by atoms with Crippen molar-refractivity contribution in [2.45, 2.75) is 77.6 Å². The number of hydrogen-bond donors (Lipinski definition) is 5. The van der Waals surface area contributed by atoms with Gasteiger partial charge in [0.1, 0.15) is 5.83 Å². The van der Waals surface area contributed by atoms with E-state index >= 15 is 0 Å². The van der Waals surface area contributed by atoms with Gasteiger partial charge in [-0.2, -0.15) is 0 Å². The minimum absolute atomic E-state index is 0.0339. The van der Waals surface area contributed by atoms with Gasteiger partial charge in [-0.05, 0) is 106 Å². The van der Waals surface area contributed by atoms with Gasteiger partial charge in [-0.3, -0.25) is 10.1 Å². The number of allylic oxidation sites excluding steroid dienone is 5. The van der Waals surface area contributed by atoms with Crippen molar-refractivity contribution in [3.8, 4) is 0 Å². The largest absolute Gasteiger partial charge is 0.405 e. The Morgan fingerprint density at radius 1 is 1.00 bits per heavy atom. The Kier molecular flexibility index (Phi) is 22.6. The van der Waals surface area contributed by atoms with E-state index < -0.39 is 0 Å². The molecule has 3 rings (SSSR count). The summed E-state index contributed by atoms with van der Waals surface area (Å²) in [7, 11) is 0. The molecular weight excluding hydrogens is 421 g/mol. The van der Waals surface area contributed by atoms with Crippen LogP contribution in [0.2, 0.25) is 0 Å². The number of hydrogen-bond acceptors (Lipinski definition) is 6. The first-order valence-electron chi connectivity index (χ1n) is 11.5. The Morgan fingerprint density at radius 2 is 1.53 bits per heavy atom. The van der Waals surface area contributed by atoms with Crippen LogP contribution < -0.4 is 22.3 Å². The Labute approximate surface area is 201 Å². The molecule has 5 nitrogen and oxygen atoms in total. The van der Waals surface area contributed by atoms with Crippen LogP contribution in [0.3, 0.4) is 0 Å². The molecule has 0 spiro atoms. The van der Waals surface area contributed by atoms with Crippen LogP contribution in [0, 0.1) is 0 Å². The molecule has 1 fully saturated rings. The van der Waals surface area contributed by atoms with Gasteiger partial charge in [0.2, 0.25) is 0 Å². The average Bonchev–Trinajstić information content (AvgIpc) is 3.55. The van der Waals surface area contributed by atoms with Gasteiger partial charge in [0.25, 0.3) is 0 Å². The number of aliphatic imine (C=N–C) groups is 1. The molecule has 0 unspecified atom stereocenters. The predicted octanol–water partition coefficient (Wildman–Crippen LogP) is 5.77. The SMILES string of the molecule is C=C.C=C(N)C1=C(C(F)=C2CCCC2)CCC1.CCCN.N/C=C\C1=NCCCC1.NS. The van der Waals surface area contributed by atoms with Crippen LogP contribution >= 0.6 is 12.8 Å². The summed E-state index contributed by atoms with van der Waals surface area (Å²) in [4.78, 5) is 4.27. The molecule has 1 aliphatic heterocycles. The Balaban J connectivity index is 0. The lowest BCUT2D eigenvalue weighted by Gasteiger charge is -2.07. The maximum Gasteiger partial charge on any atom is 0.125 e. The summed E-state index contributed by atoms with van der Waals surface area (Å²) >= 11 is 3.03. The molecule has 32 heavy (non-hydrogen) atoms. The Morgan fingerprint density at radius 3 is 1.97 bits per heavy atom. The standard InChI is InChI=1S/C13H18FN.C7H12N2.C3H9N.C2H4.H3NS/c1-9(15)11-7-4-8-12(11)13(14)10-5-2-3-6-10;8-5-4-7-3-1-2-6-9-7;1-2-3-4;2*1-2/h1-8,15H2;4-5H,1-3,6,8H2;2-4H2,1H3;1-2H2;2H,1H2/b;5-4-;;;. The molecule has 0 aromatic heterocycles. The van der Waals surface area contributed by atoms with E-state index in [1.165, 1.54) is 12.8 Å². The summed E-state index contributed by atoms with van der Waals surface area (Å²) in [5.74, 6) is 0.0339. The lowest BCUT2D eigenvalue weighted by atomic mass is 10.0. The highest BCUT2D eigenvalue weighted by atomic mass is 32.1. The fraction of sp³-hybridized carbons (Fsp3) is 0.560. The summed E-state index contributed by atoms with van der Waals surface area (Å²) in [5, 5.41) is 4.19. The molecule has 3 aliphatic rings. The van der Waals surface area contributed by atoms with Crippen molar-refractivity contribution in [2.24, 2.45) is 27.3 Å². The third-order valence-electron chi connectivity index (χ3n) is 5.12. The summed E-state index contributed by atoms with van der Waals surface area (Å²) in [5.41, 5.74) is 20.4. The zero-order valence-corrected chi connectivity index (χ0v) is 20.9. The summed E-state index contributed by atoms with van der Waals surface area (Å²) in [6.07, 6.45) is 15.0. The molecule has 0 amide bonds. The zero-order valence-electron chi connectivity index (χ0n) is 20.1. The molecule has 0 bridgehead atoms. The molecule has 7 heteroatoms. The molecule has 1 heterocycles. The molecule has 8 N–H and O–H groups in total. The number of nitrogens with two attached hydrogens (primary N) is 4. The summed E-state index contributed by atoms with van der Waals surface area (Å²) in [6, 6.07) is 0. The molecule has 0 aromatic rings. The van der Waals surface area contributed by atoms with E-state index in [2.05, 4.69) is 49.6 Å². The maximum absolute atomic E-state index is 14.1. The first-order valence-corrected chi connectivity index (χ1v) is 12.0. The van der Waals surface area contributed by atoms with Crippen molar-refractivity contribution in [3.63, 3.8) is 0 Å². The molecule has 0 radical (unpaired) electrons. The van der Waals surface area contributed by atoms with E-state index in [-0.39, 0.29) is 5.83 Å². The third kappa shape index (κ3) is 13.6. The lowest BCUT2D eigenvalue weighted by molar-refractivity contribution is 0.622. The average molecular weight is 468 g/mol. The van der Waals surface area contributed by atoms with Gasteiger partial charge < -0.3 is 17.2 Å². The van der Waals surface area contributed by atoms with Crippen molar-refractivity contribution in [1.82, 2.24) is 0 Å². The monoisotopic (exact) mass is 467 g/mol. The summed E-state index contributed by atoms with van der Waals surface area (Å²) in [6.45, 7) is 13.6. The minimum Gasteiger partial charge on any atom is -0.405 e. The Bertz CT molecular complexity index is 628. The fourth-order valence-electron chi connectivity index (χ4n) is 3.54. The van der Waals surface area contributed by atoms with Gasteiger partial charge in [0, 0.05) is 18.0 Å². The van der Waals surface area contributed by atoms with E-state index in [0.717, 1.165) is 93.3 Å². The van der Waals surface area contributed by atoms with Crippen LogP contribution in [0.15, 0.2) is 65.2 Å². The first kappa shape index (κ1) is 32.4. The second-order valence-corrected chi connectivity index (χ2v) is 7.44. The van der Waals surface area contributed by atoms with Crippen LogP contribution in [-0.2, 0) is 0 Å². The molecule has 184 valence electrons. The molecule has 0 saturated heterocycles. The minimum atomic E-state index is 0.0339. The Hall–Kier alpha value is -1.83. The third-order valence-corrected chi connectivity index (χ3v) is 5.12. The van der Waals surface area contributed by atoms with E-state index in [1.54, 1.807) is 6.20 Å². The van der Waals surface area contributed by atoms with E-state index in [0.29, 0.717) is 5.70 Å². The first-order chi connectivity index (χ1) is 15.5. The second kappa shape index (κ2) is 22.4. The van der Waals surface area contributed by atoms with Crippen LogP contribution in [0.25, 0.3) is 0 Å². The molecular formula is C25H46FN5S. The van der Waals surface area contributed by atoms with Crippen molar-refractivity contribution in [3.05, 3.63) is 60.3 Å². The molecule has 0 atom stereocenters. The quantitative estimate of drug-likeness (QED) is 0.266. The molecule has 0 aromatic carbocycles. The van der Waals surface area contributed by atoms with Gasteiger partial charge in [-0.25, -0.2) is 4.39 Å². The van der Waals surface area contributed by atoms with Crippen molar-refractivity contribution >= 4 is 18.5 Å². The predicted molar refractivity (Wildman–Crippen MR) is 144 cm³/mol. The van der Waals surface area contributed by atoms with Gasteiger partial charge in [0.05, 0.1) is 0 Å². The second-order valence-electron chi connectivity index (χ2n) is 7.44. The zero-order chi connectivity index (χ0) is 24.8. The van der Waals surface area contributed by atoms with Crippen LogP contribution in [0.1, 0.15) is 77.6 Å². The van der Waals surface area contributed by atoms with Gasteiger partial charge in [0.15, 0.2) is 0 Å². The highest BCUT2D eigenvalue weighted by Crippen LogP contribution is 2.39. The van der Waals surface area contributed by atoms with E-state index in [4.69, 9.17) is 17.2 Å². The number of thiol groups is 1. The molecule has 2 aliphatic carbocycles. The van der Waals surface area contributed by atoms with Gasteiger partial charge >= 0.3 is 0 Å². The van der Waals surface area contributed by atoms with E-state index in [9.17, 15) is 4.39 Å². The van der Waals surface area contributed by atoms with Crippen LogP contribution in [0.5, 0.6) is 0 Å². The lowest BCUT2D eigenvalue weighted by Crippen LogP contribution is -2.03. The van der Waals surface area contributed by atoms with Crippen molar-refractivity contribution < 1.29 is 4.39 Å². The number of nitrogens with zero attached hydrogens (tertiary/aromatic N) is 1. The maximum atomic E-state index is 14.1. The summed E-state index contributed by atoms with van der Waals surface area (Å²) < 4.78 is 14.1. The van der Waals surface area contributed by atoms with Crippen molar-refractivity contribution in [2.75, 3.05) is 13.1 Å².